The Morgan fingerprint density at radius 1 is 1.42 bits per heavy atom. The van der Waals surface area contributed by atoms with E-state index in [-0.39, 0.29) is 22.0 Å². The Morgan fingerprint density at radius 3 is 2.37 bits per heavy atom. The Morgan fingerprint density at radius 2 is 1.95 bits per heavy atom. The molecule has 1 aromatic heterocycles. The molecule has 0 spiro atoms. The number of aryl methyl sites for hydroxylation is 1. The third kappa shape index (κ3) is 2.98. The zero-order valence-corrected chi connectivity index (χ0v) is 13.2. The average Bonchev–Trinajstić information content (AvgIpc) is 2.67. The molecule has 1 atom stereocenters. The molecule has 0 saturated carbocycles. The van der Waals surface area contributed by atoms with Gasteiger partial charge in [-0.1, -0.05) is 20.8 Å². The lowest BCUT2D eigenvalue weighted by atomic mass is 9.88. The highest BCUT2D eigenvalue weighted by Crippen LogP contribution is 2.29. The third-order valence-corrected chi connectivity index (χ3v) is 5.68. The minimum absolute atomic E-state index is 0.0774. The molecule has 1 rings (SSSR count). The highest BCUT2D eigenvalue weighted by molar-refractivity contribution is 7.89. The van der Waals surface area contributed by atoms with Crippen LogP contribution in [0.1, 0.15) is 39.1 Å². The molecule has 0 aliphatic carbocycles. The molecule has 2 N–H and O–H groups in total. The average molecular weight is 289 g/mol. The molecule has 0 aromatic carbocycles. The molecular formula is C12H23N3O3S. The minimum Gasteiger partial charge on any atom is -0.390 e. The topological polar surface area (TPSA) is 86.3 Å². The van der Waals surface area contributed by atoms with Crippen molar-refractivity contribution in [3.05, 3.63) is 11.4 Å². The number of aliphatic hydroxyl groups is 1. The van der Waals surface area contributed by atoms with Crippen LogP contribution in [-0.2, 0) is 16.6 Å². The summed E-state index contributed by atoms with van der Waals surface area (Å²) in [5, 5.41) is 15.6. The number of aromatic nitrogens is 2. The van der Waals surface area contributed by atoms with Gasteiger partial charge in [-0.3, -0.25) is 5.10 Å². The zero-order chi connectivity index (χ0) is 15.0. The number of rotatable bonds is 4. The number of aromatic amines is 1. The van der Waals surface area contributed by atoms with Crippen molar-refractivity contribution in [1.82, 2.24) is 14.5 Å². The summed E-state index contributed by atoms with van der Waals surface area (Å²) in [7, 11) is -2.12. The van der Waals surface area contributed by atoms with Crippen LogP contribution < -0.4 is 0 Å². The predicted octanol–water partition coefficient (Wildman–Crippen LogP) is 1.27. The molecule has 1 unspecified atom stereocenters. The highest BCUT2D eigenvalue weighted by Gasteiger charge is 2.35. The van der Waals surface area contributed by atoms with Gasteiger partial charge >= 0.3 is 0 Å². The number of hydrogen-bond donors (Lipinski definition) is 2. The van der Waals surface area contributed by atoms with Gasteiger partial charge in [0, 0.05) is 13.1 Å². The molecule has 0 aliphatic heterocycles. The van der Waals surface area contributed by atoms with Gasteiger partial charge in [-0.15, -0.1) is 0 Å². The van der Waals surface area contributed by atoms with E-state index < -0.39 is 16.6 Å². The van der Waals surface area contributed by atoms with Crippen LogP contribution in [-0.4, -0.2) is 41.1 Å². The molecule has 0 aliphatic rings. The van der Waals surface area contributed by atoms with Gasteiger partial charge in [0.2, 0.25) is 10.0 Å². The van der Waals surface area contributed by atoms with E-state index in [4.69, 9.17) is 0 Å². The summed E-state index contributed by atoms with van der Waals surface area (Å²) >= 11 is 0. The summed E-state index contributed by atoms with van der Waals surface area (Å²) in [6.45, 7) is 9.05. The van der Waals surface area contributed by atoms with Gasteiger partial charge in [-0.25, -0.2) is 8.42 Å². The molecule has 110 valence electrons. The maximum Gasteiger partial charge on any atom is 0.246 e. The second-order valence-electron chi connectivity index (χ2n) is 5.85. The van der Waals surface area contributed by atoms with Crippen LogP contribution in [0.25, 0.3) is 0 Å². The normalized spacial score (nSPS) is 14.9. The molecular weight excluding hydrogens is 266 g/mol. The van der Waals surface area contributed by atoms with Crippen molar-refractivity contribution in [1.29, 1.82) is 0 Å². The number of H-pyrrole nitrogens is 1. The maximum atomic E-state index is 12.6. The van der Waals surface area contributed by atoms with Crippen LogP contribution >= 0.6 is 0 Å². The van der Waals surface area contributed by atoms with E-state index in [1.54, 1.807) is 14.0 Å². The van der Waals surface area contributed by atoms with Gasteiger partial charge in [-0.05, 0) is 19.3 Å². The van der Waals surface area contributed by atoms with E-state index in [0.29, 0.717) is 5.69 Å². The highest BCUT2D eigenvalue weighted by atomic mass is 32.2. The van der Waals surface area contributed by atoms with E-state index >= 15 is 0 Å². The first-order valence-corrected chi connectivity index (χ1v) is 7.60. The number of sulfonamides is 1. The molecule has 0 bridgehead atoms. The third-order valence-electron chi connectivity index (χ3n) is 3.55. The molecule has 6 nitrogen and oxygen atoms in total. The quantitative estimate of drug-likeness (QED) is 0.874. The Balaban J connectivity index is 3.28. The van der Waals surface area contributed by atoms with Crippen LogP contribution in [0.4, 0.5) is 0 Å². The summed E-state index contributed by atoms with van der Waals surface area (Å²) in [6.07, 6.45) is 0. The minimum atomic E-state index is -3.67. The Labute approximate surface area is 114 Å². The van der Waals surface area contributed by atoms with Crippen LogP contribution in [0.2, 0.25) is 0 Å². The second kappa shape index (κ2) is 5.22. The van der Waals surface area contributed by atoms with Gasteiger partial charge in [-0.2, -0.15) is 9.40 Å². The lowest BCUT2D eigenvalue weighted by Crippen LogP contribution is -2.43. The SMILES string of the molecule is Cc1[nH]nc(CO)c1S(=O)(=O)N(C)C(C)C(C)(C)C. The molecule has 0 amide bonds. The first-order valence-electron chi connectivity index (χ1n) is 6.16. The Kier molecular flexibility index (Phi) is 4.44. The summed E-state index contributed by atoms with van der Waals surface area (Å²) < 4.78 is 26.6. The summed E-state index contributed by atoms with van der Waals surface area (Å²) in [6, 6.07) is -0.182. The van der Waals surface area contributed by atoms with Gasteiger partial charge in [0.25, 0.3) is 0 Å². The van der Waals surface area contributed by atoms with Crippen molar-refractivity contribution in [2.24, 2.45) is 5.41 Å². The van der Waals surface area contributed by atoms with Crippen LogP contribution in [0.5, 0.6) is 0 Å². The van der Waals surface area contributed by atoms with Gasteiger partial charge < -0.3 is 5.11 Å². The zero-order valence-electron chi connectivity index (χ0n) is 12.4. The van der Waals surface area contributed by atoms with E-state index in [9.17, 15) is 13.5 Å². The fourth-order valence-electron chi connectivity index (χ4n) is 1.82. The number of hydrogen-bond acceptors (Lipinski definition) is 4. The maximum absolute atomic E-state index is 12.6. The first-order chi connectivity index (χ1) is 8.53. The fraction of sp³-hybridized carbons (Fsp3) is 0.750. The van der Waals surface area contributed by atoms with Crippen molar-refractivity contribution < 1.29 is 13.5 Å². The number of nitrogens with zero attached hydrogens (tertiary/aromatic N) is 2. The van der Waals surface area contributed by atoms with E-state index in [1.807, 2.05) is 27.7 Å². The Hall–Kier alpha value is -0.920. The van der Waals surface area contributed by atoms with Crippen molar-refractivity contribution in [2.75, 3.05) is 7.05 Å². The standard InChI is InChI=1S/C12H23N3O3S/c1-8-11(10(7-16)14-13-8)19(17,18)15(6)9(2)12(3,4)5/h9,16H,7H2,1-6H3,(H,13,14). The summed E-state index contributed by atoms with van der Waals surface area (Å²) in [5.74, 6) is 0. The van der Waals surface area contributed by atoms with Gasteiger partial charge in [0.15, 0.2) is 0 Å². The first kappa shape index (κ1) is 16.1. The van der Waals surface area contributed by atoms with Gasteiger partial charge in [0.05, 0.1) is 12.3 Å². The molecule has 0 radical (unpaired) electrons. The molecule has 1 heterocycles. The van der Waals surface area contributed by atoms with E-state index in [1.165, 1.54) is 4.31 Å². The smallest absolute Gasteiger partial charge is 0.246 e. The van der Waals surface area contributed by atoms with Crippen LogP contribution in [0.3, 0.4) is 0 Å². The van der Waals surface area contributed by atoms with Crippen molar-refractivity contribution >= 4 is 10.0 Å². The molecule has 19 heavy (non-hydrogen) atoms. The van der Waals surface area contributed by atoms with Crippen LogP contribution in [0, 0.1) is 12.3 Å². The monoisotopic (exact) mass is 289 g/mol. The molecule has 7 heteroatoms. The lowest BCUT2D eigenvalue weighted by molar-refractivity contribution is 0.216. The number of nitrogens with one attached hydrogen (secondary N) is 1. The van der Waals surface area contributed by atoms with Crippen molar-refractivity contribution in [3.63, 3.8) is 0 Å². The molecule has 0 saturated heterocycles. The number of aliphatic hydroxyl groups excluding tert-OH is 1. The van der Waals surface area contributed by atoms with Crippen molar-refractivity contribution in [3.8, 4) is 0 Å². The summed E-state index contributed by atoms with van der Waals surface area (Å²) in [4.78, 5) is 0.0774. The van der Waals surface area contributed by atoms with Crippen LogP contribution in [0.15, 0.2) is 4.90 Å². The largest absolute Gasteiger partial charge is 0.390 e. The predicted molar refractivity (Wildman–Crippen MR) is 73.1 cm³/mol. The van der Waals surface area contributed by atoms with Gasteiger partial charge in [0.1, 0.15) is 10.6 Å². The van der Waals surface area contributed by atoms with Crippen molar-refractivity contribution in [2.45, 2.75) is 52.2 Å². The summed E-state index contributed by atoms with van der Waals surface area (Å²) in [5.41, 5.74) is 0.418. The van der Waals surface area contributed by atoms with E-state index in [0.717, 1.165) is 0 Å². The fourth-order valence-corrected chi connectivity index (χ4v) is 3.68. The Bertz CT molecular complexity index is 543. The second-order valence-corrected chi connectivity index (χ2v) is 7.78. The molecule has 0 fully saturated rings. The lowest BCUT2D eigenvalue weighted by Gasteiger charge is -2.34. The molecule has 1 aromatic rings. The van der Waals surface area contributed by atoms with E-state index in [2.05, 4.69) is 10.2 Å².